The van der Waals surface area contributed by atoms with E-state index in [1.807, 2.05) is 6.92 Å². The number of carbonyl (C=O) groups is 1. The summed E-state index contributed by atoms with van der Waals surface area (Å²) in [5, 5.41) is 0. The highest BCUT2D eigenvalue weighted by atomic mass is 79.9. The van der Waals surface area contributed by atoms with Crippen LogP contribution in [0, 0.1) is 13.8 Å². The molecule has 0 aliphatic carbocycles. The van der Waals surface area contributed by atoms with Gasteiger partial charge in [-0.25, -0.2) is 4.79 Å². The fraction of sp³-hybridized carbons (Fsp3) is 0.583. The normalized spacial score (nSPS) is 10.5. The lowest BCUT2D eigenvalue weighted by molar-refractivity contribution is -0.128. The summed E-state index contributed by atoms with van der Waals surface area (Å²) in [5.74, 6) is 0.0693. The second kappa shape index (κ2) is 6.13. The first-order chi connectivity index (χ1) is 8.34. The van der Waals surface area contributed by atoms with Crippen LogP contribution in [0.2, 0.25) is 0 Å². The zero-order valence-electron chi connectivity index (χ0n) is 11.2. The predicted octanol–water partition coefficient (Wildman–Crippen LogP) is 1.49. The second-order valence-corrected chi connectivity index (χ2v) is 5.22. The molecule has 1 rings (SSSR count). The summed E-state index contributed by atoms with van der Waals surface area (Å²) in [5.41, 5.74) is 1.29. The molecule has 0 fully saturated rings. The number of nitrogens with zero attached hydrogens (tertiary/aromatic N) is 3. The Labute approximate surface area is 115 Å². The van der Waals surface area contributed by atoms with Crippen molar-refractivity contribution in [1.82, 2.24) is 14.5 Å². The number of carbonyl (C=O) groups excluding carboxylic acids is 1. The minimum atomic E-state index is -0.259. The van der Waals surface area contributed by atoms with Crippen LogP contribution in [0.4, 0.5) is 0 Å². The SMILES string of the molecule is Cc1nc(=O)n(CCCC(=O)N(C)C)c(C)c1Br. The first-order valence-corrected chi connectivity index (χ1v) is 6.57. The van der Waals surface area contributed by atoms with Gasteiger partial charge in [0.05, 0.1) is 10.2 Å². The lowest BCUT2D eigenvalue weighted by Crippen LogP contribution is -2.27. The molecule has 0 bridgehead atoms. The van der Waals surface area contributed by atoms with Crippen LogP contribution in [0.1, 0.15) is 24.2 Å². The van der Waals surface area contributed by atoms with Gasteiger partial charge in [0, 0.05) is 32.8 Å². The molecule has 0 aliphatic rings. The van der Waals surface area contributed by atoms with Gasteiger partial charge in [-0.3, -0.25) is 9.36 Å². The molecule has 0 saturated carbocycles. The molecule has 0 radical (unpaired) electrons. The molecule has 0 saturated heterocycles. The number of halogens is 1. The summed E-state index contributed by atoms with van der Waals surface area (Å²) >= 11 is 3.41. The molecule has 0 aromatic carbocycles. The molecule has 0 aliphatic heterocycles. The Balaban J connectivity index is 2.78. The molecule has 18 heavy (non-hydrogen) atoms. The average Bonchev–Trinajstić information content (AvgIpc) is 2.30. The summed E-state index contributed by atoms with van der Waals surface area (Å²) in [6.45, 7) is 4.17. The maximum atomic E-state index is 11.8. The van der Waals surface area contributed by atoms with Crippen LogP contribution in [0.15, 0.2) is 9.27 Å². The Kier molecular flexibility index (Phi) is 5.07. The highest BCUT2D eigenvalue weighted by Gasteiger charge is 2.10. The van der Waals surface area contributed by atoms with E-state index < -0.39 is 0 Å². The van der Waals surface area contributed by atoms with E-state index in [9.17, 15) is 9.59 Å². The molecule has 6 heteroatoms. The van der Waals surface area contributed by atoms with Gasteiger partial charge in [-0.1, -0.05) is 0 Å². The summed E-state index contributed by atoms with van der Waals surface area (Å²) in [7, 11) is 3.45. The quantitative estimate of drug-likeness (QED) is 0.846. The largest absolute Gasteiger partial charge is 0.349 e. The van der Waals surface area contributed by atoms with Crippen molar-refractivity contribution in [2.24, 2.45) is 0 Å². The van der Waals surface area contributed by atoms with Gasteiger partial charge in [0.1, 0.15) is 0 Å². The smallest absolute Gasteiger partial charge is 0.348 e. The van der Waals surface area contributed by atoms with Crippen molar-refractivity contribution in [1.29, 1.82) is 0 Å². The predicted molar refractivity (Wildman–Crippen MR) is 73.6 cm³/mol. The fourth-order valence-corrected chi connectivity index (χ4v) is 1.95. The Hall–Kier alpha value is -1.17. The highest BCUT2D eigenvalue weighted by molar-refractivity contribution is 9.10. The summed E-state index contributed by atoms with van der Waals surface area (Å²) < 4.78 is 2.45. The monoisotopic (exact) mass is 315 g/mol. The highest BCUT2D eigenvalue weighted by Crippen LogP contribution is 2.16. The first kappa shape index (κ1) is 14.9. The van der Waals surface area contributed by atoms with Crippen molar-refractivity contribution in [3.63, 3.8) is 0 Å². The molecular weight excluding hydrogens is 298 g/mol. The maximum Gasteiger partial charge on any atom is 0.348 e. The molecule has 1 heterocycles. The lowest BCUT2D eigenvalue weighted by atomic mass is 10.2. The number of aryl methyl sites for hydroxylation is 1. The van der Waals surface area contributed by atoms with E-state index in [1.165, 1.54) is 0 Å². The number of aromatic nitrogens is 2. The fourth-order valence-electron chi connectivity index (χ4n) is 1.65. The summed E-state index contributed by atoms with van der Waals surface area (Å²) in [6, 6.07) is 0. The third-order valence-corrected chi connectivity index (χ3v) is 3.95. The van der Waals surface area contributed by atoms with Crippen molar-refractivity contribution < 1.29 is 4.79 Å². The molecule has 0 spiro atoms. The number of hydrogen-bond donors (Lipinski definition) is 0. The van der Waals surface area contributed by atoms with Crippen molar-refractivity contribution in [3.05, 3.63) is 26.3 Å². The van der Waals surface area contributed by atoms with Crippen molar-refractivity contribution in [2.45, 2.75) is 33.2 Å². The number of rotatable bonds is 4. The van der Waals surface area contributed by atoms with E-state index in [0.29, 0.717) is 25.1 Å². The summed E-state index contributed by atoms with van der Waals surface area (Å²) in [4.78, 5) is 28.7. The third-order valence-electron chi connectivity index (χ3n) is 2.81. The molecular formula is C12H18BrN3O2. The lowest BCUT2D eigenvalue weighted by Gasteiger charge is -2.13. The Morgan fingerprint density at radius 2 is 2.00 bits per heavy atom. The molecule has 0 unspecified atom stereocenters. The molecule has 1 amide bonds. The standard InChI is InChI=1S/C12H18BrN3O2/c1-8-11(13)9(2)16(12(18)14-8)7-5-6-10(17)15(3)4/h5-7H2,1-4H3. The minimum absolute atomic E-state index is 0.0693. The van der Waals surface area contributed by atoms with E-state index in [0.717, 1.165) is 10.2 Å². The first-order valence-electron chi connectivity index (χ1n) is 5.78. The van der Waals surface area contributed by atoms with Crippen LogP contribution < -0.4 is 5.69 Å². The van der Waals surface area contributed by atoms with Crippen LogP contribution in [0.5, 0.6) is 0 Å². The topological polar surface area (TPSA) is 55.2 Å². The Bertz CT molecular complexity index is 509. The van der Waals surface area contributed by atoms with Gasteiger partial charge in [-0.2, -0.15) is 4.98 Å². The molecule has 0 atom stereocenters. The molecule has 1 aromatic heterocycles. The van der Waals surface area contributed by atoms with E-state index in [2.05, 4.69) is 20.9 Å². The van der Waals surface area contributed by atoms with Crippen LogP contribution >= 0.6 is 15.9 Å². The Morgan fingerprint density at radius 3 is 2.56 bits per heavy atom. The third kappa shape index (κ3) is 3.41. The van der Waals surface area contributed by atoms with Crippen LogP contribution in [0.25, 0.3) is 0 Å². The Morgan fingerprint density at radius 1 is 1.39 bits per heavy atom. The van der Waals surface area contributed by atoms with Crippen molar-refractivity contribution in [2.75, 3.05) is 14.1 Å². The maximum absolute atomic E-state index is 11.8. The average molecular weight is 316 g/mol. The number of amides is 1. The minimum Gasteiger partial charge on any atom is -0.349 e. The molecule has 5 nitrogen and oxygen atoms in total. The van der Waals surface area contributed by atoms with E-state index >= 15 is 0 Å². The van der Waals surface area contributed by atoms with E-state index in [4.69, 9.17) is 0 Å². The van der Waals surface area contributed by atoms with Crippen molar-refractivity contribution in [3.8, 4) is 0 Å². The number of hydrogen-bond acceptors (Lipinski definition) is 3. The van der Waals surface area contributed by atoms with Crippen LogP contribution in [-0.2, 0) is 11.3 Å². The van der Waals surface area contributed by atoms with Gasteiger partial charge in [0.15, 0.2) is 0 Å². The van der Waals surface area contributed by atoms with Gasteiger partial charge >= 0.3 is 5.69 Å². The van der Waals surface area contributed by atoms with Crippen molar-refractivity contribution >= 4 is 21.8 Å². The van der Waals surface area contributed by atoms with Gasteiger partial charge in [0.25, 0.3) is 0 Å². The van der Waals surface area contributed by atoms with E-state index in [-0.39, 0.29) is 11.6 Å². The van der Waals surface area contributed by atoms with Gasteiger partial charge in [-0.15, -0.1) is 0 Å². The van der Waals surface area contributed by atoms with Crippen LogP contribution in [-0.4, -0.2) is 34.5 Å². The van der Waals surface area contributed by atoms with E-state index in [1.54, 1.807) is 30.5 Å². The second-order valence-electron chi connectivity index (χ2n) is 4.42. The molecule has 1 aromatic rings. The zero-order valence-corrected chi connectivity index (χ0v) is 12.7. The van der Waals surface area contributed by atoms with Gasteiger partial charge < -0.3 is 4.90 Å². The molecule has 0 N–H and O–H groups in total. The zero-order chi connectivity index (χ0) is 13.9. The van der Waals surface area contributed by atoms with Gasteiger partial charge in [-0.05, 0) is 36.2 Å². The van der Waals surface area contributed by atoms with Gasteiger partial charge in [0.2, 0.25) is 5.91 Å². The summed E-state index contributed by atoms with van der Waals surface area (Å²) in [6.07, 6.45) is 1.07. The van der Waals surface area contributed by atoms with Crippen LogP contribution in [0.3, 0.4) is 0 Å². The molecule has 100 valence electrons.